The van der Waals surface area contributed by atoms with E-state index < -0.39 is 12.8 Å². The Morgan fingerprint density at radius 3 is 2.67 bits per heavy atom. The van der Waals surface area contributed by atoms with Crippen molar-refractivity contribution >= 4 is 6.03 Å². The van der Waals surface area contributed by atoms with Crippen LogP contribution in [0.2, 0.25) is 0 Å². The van der Waals surface area contributed by atoms with Gasteiger partial charge in [-0.05, 0) is 35.7 Å². The summed E-state index contributed by atoms with van der Waals surface area (Å²) < 4.78 is 43.0. The lowest BCUT2D eigenvalue weighted by Gasteiger charge is -2.10. The van der Waals surface area contributed by atoms with E-state index >= 15 is 0 Å². The quantitative estimate of drug-likeness (QED) is 0.587. The fraction of sp³-hybridized carbons (Fsp3) is 0.250. The summed E-state index contributed by atoms with van der Waals surface area (Å²) in [5, 5.41) is 9.67. The van der Waals surface area contributed by atoms with Crippen LogP contribution in [-0.2, 0) is 13.0 Å². The Kier molecular flexibility index (Phi) is 6.89. The molecule has 0 radical (unpaired) electrons. The van der Waals surface area contributed by atoms with Crippen LogP contribution in [0.1, 0.15) is 11.1 Å². The van der Waals surface area contributed by atoms with E-state index in [-0.39, 0.29) is 18.5 Å². The molecule has 3 aromatic rings. The van der Waals surface area contributed by atoms with Gasteiger partial charge in [-0.1, -0.05) is 18.2 Å². The van der Waals surface area contributed by atoms with E-state index in [1.165, 1.54) is 12.3 Å². The second-order valence-corrected chi connectivity index (χ2v) is 6.39. The summed E-state index contributed by atoms with van der Waals surface area (Å²) in [4.78, 5) is 15.7. The van der Waals surface area contributed by atoms with E-state index in [1.807, 2.05) is 36.5 Å². The molecule has 0 aliphatic heterocycles. The number of rotatable bonds is 8. The lowest BCUT2D eigenvalue weighted by Crippen LogP contribution is -2.36. The lowest BCUT2D eigenvalue weighted by atomic mass is 10.2. The van der Waals surface area contributed by atoms with Gasteiger partial charge in [-0.15, -0.1) is 0 Å². The fourth-order valence-electron chi connectivity index (χ4n) is 2.57. The van der Waals surface area contributed by atoms with Crippen LogP contribution in [0.25, 0.3) is 5.69 Å². The molecule has 30 heavy (non-hydrogen) atoms. The van der Waals surface area contributed by atoms with Crippen molar-refractivity contribution in [1.29, 1.82) is 0 Å². The summed E-state index contributed by atoms with van der Waals surface area (Å²) in [5.74, 6) is -0.150. The van der Waals surface area contributed by atoms with Crippen LogP contribution < -0.4 is 15.4 Å². The summed E-state index contributed by atoms with van der Waals surface area (Å²) in [6, 6.07) is 12.2. The minimum Gasteiger partial charge on any atom is -0.468 e. The summed E-state index contributed by atoms with van der Waals surface area (Å²) in [6.07, 6.45) is 1.13. The van der Waals surface area contributed by atoms with E-state index in [0.717, 1.165) is 11.3 Å². The number of hydrogen-bond donors (Lipinski definition) is 2. The van der Waals surface area contributed by atoms with E-state index in [0.29, 0.717) is 18.5 Å². The van der Waals surface area contributed by atoms with Crippen molar-refractivity contribution in [3.8, 4) is 11.6 Å². The molecule has 2 heterocycles. The van der Waals surface area contributed by atoms with Crippen molar-refractivity contribution in [2.75, 3.05) is 13.2 Å². The molecule has 10 heteroatoms. The van der Waals surface area contributed by atoms with Crippen LogP contribution in [0.15, 0.2) is 61.1 Å². The number of para-hydroxylation sites is 1. The number of carbonyl (C=O) groups is 1. The predicted octanol–water partition coefficient (Wildman–Crippen LogP) is 3.25. The first-order valence-electron chi connectivity index (χ1n) is 9.14. The van der Waals surface area contributed by atoms with Gasteiger partial charge in [0.05, 0.1) is 11.9 Å². The molecule has 2 aromatic heterocycles. The standard InChI is InChI=1S/C20H20F3N5O2/c21-20(22,23)14-30-18-10-15(6-8-24-18)11-26-19(29)25-9-7-16-12-27-28(13-16)17-4-2-1-3-5-17/h1-6,8,10,12-13H,7,9,11,14H2,(H2,25,26,29). The number of carbonyl (C=O) groups excluding carboxylic acids is 1. The maximum Gasteiger partial charge on any atom is 0.422 e. The predicted molar refractivity (Wildman–Crippen MR) is 103 cm³/mol. The van der Waals surface area contributed by atoms with Crippen molar-refractivity contribution in [3.63, 3.8) is 0 Å². The first kappa shape index (κ1) is 21.2. The summed E-state index contributed by atoms with van der Waals surface area (Å²) in [5.41, 5.74) is 2.49. The van der Waals surface area contributed by atoms with Gasteiger partial charge in [0.1, 0.15) is 0 Å². The first-order valence-corrected chi connectivity index (χ1v) is 9.14. The van der Waals surface area contributed by atoms with Crippen molar-refractivity contribution in [1.82, 2.24) is 25.4 Å². The molecule has 0 saturated heterocycles. The number of halogens is 3. The molecule has 0 saturated carbocycles. The Labute approximate surface area is 170 Å². The molecule has 0 aliphatic carbocycles. The smallest absolute Gasteiger partial charge is 0.422 e. The SMILES string of the molecule is O=C(NCCc1cnn(-c2ccccc2)c1)NCc1ccnc(OCC(F)(F)F)c1. The van der Waals surface area contributed by atoms with E-state index in [9.17, 15) is 18.0 Å². The highest BCUT2D eigenvalue weighted by atomic mass is 19.4. The maximum absolute atomic E-state index is 12.2. The summed E-state index contributed by atoms with van der Waals surface area (Å²) in [6.45, 7) is -0.885. The number of aromatic nitrogens is 3. The number of nitrogens with zero attached hydrogens (tertiary/aromatic N) is 3. The number of alkyl halides is 3. The van der Waals surface area contributed by atoms with Gasteiger partial charge in [0.2, 0.25) is 5.88 Å². The molecule has 0 atom stereocenters. The van der Waals surface area contributed by atoms with E-state index in [2.05, 4.69) is 25.5 Å². The second-order valence-electron chi connectivity index (χ2n) is 6.39. The summed E-state index contributed by atoms with van der Waals surface area (Å²) >= 11 is 0. The molecule has 0 fully saturated rings. The average molecular weight is 419 g/mol. The van der Waals surface area contributed by atoms with E-state index in [4.69, 9.17) is 0 Å². The van der Waals surface area contributed by atoms with Crippen molar-refractivity contribution in [2.24, 2.45) is 0 Å². The van der Waals surface area contributed by atoms with Crippen LogP contribution in [0.3, 0.4) is 0 Å². The van der Waals surface area contributed by atoms with Gasteiger partial charge in [0, 0.05) is 31.5 Å². The monoisotopic (exact) mass is 419 g/mol. The summed E-state index contributed by atoms with van der Waals surface area (Å²) in [7, 11) is 0. The Balaban J connectivity index is 1.40. The van der Waals surface area contributed by atoms with Gasteiger partial charge in [-0.3, -0.25) is 0 Å². The molecule has 2 amide bonds. The Morgan fingerprint density at radius 2 is 1.90 bits per heavy atom. The van der Waals surface area contributed by atoms with Crippen LogP contribution in [0.5, 0.6) is 5.88 Å². The third-order valence-electron chi connectivity index (χ3n) is 3.99. The minimum absolute atomic E-state index is 0.128. The molecule has 3 rings (SSSR count). The topological polar surface area (TPSA) is 81.1 Å². The molecule has 7 nitrogen and oxygen atoms in total. The van der Waals surface area contributed by atoms with Gasteiger partial charge >= 0.3 is 12.2 Å². The highest BCUT2D eigenvalue weighted by molar-refractivity contribution is 5.73. The fourth-order valence-corrected chi connectivity index (χ4v) is 2.57. The zero-order valence-electron chi connectivity index (χ0n) is 15.9. The molecule has 0 spiro atoms. The largest absolute Gasteiger partial charge is 0.468 e. The van der Waals surface area contributed by atoms with E-state index in [1.54, 1.807) is 16.9 Å². The zero-order valence-corrected chi connectivity index (χ0v) is 15.9. The molecule has 0 bridgehead atoms. The number of amides is 2. The third-order valence-corrected chi connectivity index (χ3v) is 3.99. The third kappa shape index (κ3) is 6.80. The van der Waals surface area contributed by atoms with Crippen LogP contribution in [-0.4, -0.2) is 40.1 Å². The molecule has 158 valence electrons. The molecule has 1 aromatic carbocycles. The molecular weight excluding hydrogens is 399 g/mol. The zero-order chi connectivity index (χ0) is 21.4. The highest BCUT2D eigenvalue weighted by Crippen LogP contribution is 2.17. The van der Waals surface area contributed by atoms with Gasteiger partial charge in [0.15, 0.2) is 6.61 Å². The highest BCUT2D eigenvalue weighted by Gasteiger charge is 2.28. The van der Waals surface area contributed by atoms with Crippen LogP contribution in [0.4, 0.5) is 18.0 Å². The number of ether oxygens (including phenoxy) is 1. The number of nitrogens with one attached hydrogen (secondary N) is 2. The Morgan fingerprint density at radius 1 is 1.10 bits per heavy atom. The van der Waals surface area contributed by atoms with Gasteiger partial charge in [0.25, 0.3) is 0 Å². The Hall–Kier alpha value is -3.56. The number of benzene rings is 1. The first-order chi connectivity index (χ1) is 14.4. The molecular formula is C20H20F3N5O2. The normalized spacial score (nSPS) is 11.2. The lowest BCUT2D eigenvalue weighted by molar-refractivity contribution is -0.154. The number of urea groups is 1. The molecule has 0 unspecified atom stereocenters. The van der Waals surface area contributed by atoms with Crippen molar-refractivity contribution in [3.05, 3.63) is 72.2 Å². The van der Waals surface area contributed by atoms with Gasteiger partial charge in [-0.2, -0.15) is 18.3 Å². The molecule has 2 N–H and O–H groups in total. The van der Waals surface area contributed by atoms with Gasteiger partial charge in [-0.25, -0.2) is 14.5 Å². The van der Waals surface area contributed by atoms with Crippen molar-refractivity contribution < 1.29 is 22.7 Å². The minimum atomic E-state index is -4.44. The molecule has 0 aliphatic rings. The number of pyridine rings is 1. The second kappa shape index (κ2) is 9.77. The average Bonchev–Trinajstić information content (AvgIpc) is 3.20. The maximum atomic E-state index is 12.2. The van der Waals surface area contributed by atoms with Gasteiger partial charge < -0.3 is 15.4 Å². The van der Waals surface area contributed by atoms with Crippen LogP contribution >= 0.6 is 0 Å². The van der Waals surface area contributed by atoms with Crippen molar-refractivity contribution in [2.45, 2.75) is 19.1 Å². The Bertz CT molecular complexity index is 960. The van der Waals surface area contributed by atoms with Crippen LogP contribution in [0, 0.1) is 0 Å². The number of hydrogen-bond acceptors (Lipinski definition) is 4.